The molecule has 1 aliphatic heterocycles. The molecular weight excluding hydrogens is 148 g/mol. The van der Waals surface area contributed by atoms with E-state index in [1.54, 1.807) is 0 Å². The summed E-state index contributed by atoms with van der Waals surface area (Å²) in [5.74, 6) is 0.632. The highest BCUT2D eigenvalue weighted by atomic mass is 16.5. The van der Waals surface area contributed by atoms with Crippen LogP contribution in [0.5, 0.6) is 0 Å². The van der Waals surface area contributed by atoms with Gasteiger partial charge in [-0.1, -0.05) is 19.4 Å². The first-order valence-electron chi connectivity index (χ1n) is 4.87. The van der Waals surface area contributed by atoms with Gasteiger partial charge in [-0.05, 0) is 38.7 Å². The number of ether oxygens (including phenoxy) is 1. The molecule has 1 nitrogen and oxygen atoms in total. The smallest absolute Gasteiger partial charge is 0.0765 e. The van der Waals surface area contributed by atoms with Crippen molar-refractivity contribution < 1.29 is 4.74 Å². The van der Waals surface area contributed by atoms with E-state index in [1.165, 1.54) is 11.1 Å². The molecule has 0 fully saturated rings. The summed E-state index contributed by atoms with van der Waals surface area (Å²) in [6.45, 7) is 11.0. The maximum atomic E-state index is 5.77. The lowest BCUT2D eigenvalue weighted by Crippen LogP contribution is -2.28. The van der Waals surface area contributed by atoms with Gasteiger partial charge in [0.1, 0.15) is 0 Å². The number of hydrogen-bond acceptors (Lipinski definition) is 1. The van der Waals surface area contributed by atoms with Gasteiger partial charge in [-0.3, -0.25) is 0 Å². The second-order valence-electron chi connectivity index (χ2n) is 4.18. The van der Waals surface area contributed by atoms with Gasteiger partial charge in [-0.15, -0.1) is 0 Å². The minimum Gasteiger partial charge on any atom is -0.371 e. The maximum absolute atomic E-state index is 5.77. The summed E-state index contributed by atoms with van der Waals surface area (Å²) in [7, 11) is 0. The fourth-order valence-electron chi connectivity index (χ4n) is 2.33. The van der Waals surface area contributed by atoms with E-state index < -0.39 is 0 Å². The van der Waals surface area contributed by atoms with Gasteiger partial charge in [-0.2, -0.15) is 0 Å². The first-order chi connectivity index (χ1) is 5.52. The van der Waals surface area contributed by atoms with Gasteiger partial charge in [0, 0.05) is 0 Å². The minimum atomic E-state index is 0.328. The standard InChI is InChI=1S/C11H20O/c1-7(2)11-8(3)6-9(4)12-10(11)5/h7,9-10H,6H2,1-5H3. The average molecular weight is 168 g/mol. The van der Waals surface area contributed by atoms with Gasteiger partial charge in [0.25, 0.3) is 0 Å². The Balaban J connectivity index is 2.85. The molecule has 0 amide bonds. The molecule has 1 aliphatic rings. The van der Waals surface area contributed by atoms with Crippen molar-refractivity contribution >= 4 is 0 Å². The SMILES string of the molecule is CC1=C(C(C)C)C(C)OC(C)C1. The van der Waals surface area contributed by atoms with Crippen molar-refractivity contribution in [2.45, 2.75) is 53.2 Å². The number of hydrogen-bond donors (Lipinski definition) is 0. The Morgan fingerprint density at radius 2 is 1.92 bits per heavy atom. The van der Waals surface area contributed by atoms with Crippen molar-refractivity contribution in [3.05, 3.63) is 11.1 Å². The maximum Gasteiger partial charge on any atom is 0.0765 e. The highest BCUT2D eigenvalue weighted by Gasteiger charge is 2.23. The Morgan fingerprint density at radius 3 is 2.33 bits per heavy atom. The fourth-order valence-corrected chi connectivity index (χ4v) is 2.33. The van der Waals surface area contributed by atoms with Crippen molar-refractivity contribution in [2.75, 3.05) is 0 Å². The van der Waals surface area contributed by atoms with E-state index in [9.17, 15) is 0 Å². The van der Waals surface area contributed by atoms with Crippen molar-refractivity contribution in [1.29, 1.82) is 0 Å². The first-order valence-corrected chi connectivity index (χ1v) is 4.87. The average Bonchev–Trinajstić information content (AvgIpc) is 1.82. The van der Waals surface area contributed by atoms with Crippen LogP contribution in [0.15, 0.2) is 11.1 Å². The molecule has 0 bridgehead atoms. The molecule has 1 rings (SSSR count). The Bertz CT molecular complexity index is 191. The van der Waals surface area contributed by atoms with E-state index in [4.69, 9.17) is 4.74 Å². The summed E-state index contributed by atoms with van der Waals surface area (Å²) >= 11 is 0. The van der Waals surface area contributed by atoms with Gasteiger partial charge >= 0.3 is 0 Å². The molecule has 0 N–H and O–H groups in total. The third kappa shape index (κ3) is 1.89. The van der Waals surface area contributed by atoms with Gasteiger partial charge in [-0.25, -0.2) is 0 Å². The number of rotatable bonds is 1. The lowest BCUT2D eigenvalue weighted by atomic mass is 9.89. The molecule has 0 saturated carbocycles. The molecule has 0 saturated heterocycles. The Hall–Kier alpha value is -0.300. The normalized spacial score (nSPS) is 31.5. The third-order valence-corrected chi connectivity index (χ3v) is 2.58. The van der Waals surface area contributed by atoms with Crippen molar-refractivity contribution in [3.63, 3.8) is 0 Å². The molecule has 1 heterocycles. The predicted molar refractivity (Wildman–Crippen MR) is 52.2 cm³/mol. The Kier molecular flexibility index (Phi) is 2.94. The zero-order chi connectivity index (χ0) is 9.30. The summed E-state index contributed by atoms with van der Waals surface area (Å²) in [5, 5.41) is 0. The van der Waals surface area contributed by atoms with Crippen LogP contribution >= 0.6 is 0 Å². The topological polar surface area (TPSA) is 9.23 Å². The van der Waals surface area contributed by atoms with E-state index in [0.29, 0.717) is 18.1 Å². The third-order valence-electron chi connectivity index (χ3n) is 2.58. The summed E-state index contributed by atoms with van der Waals surface area (Å²) in [4.78, 5) is 0. The summed E-state index contributed by atoms with van der Waals surface area (Å²) in [5.41, 5.74) is 3.05. The van der Waals surface area contributed by atoms with Crippen LogP contribution in [0.25, 0.3) is 0 Å². The summed E-state index contributed by atoms with van der Waals surface area (Å²) in [6, 6.07) is 0. The molecule has 2 unspecified atom stereocenters. The molecule has 0 aliphatic carbocycles. The molecule has 0 aromatic rings. The lowest BCUT2D eigenvalue weighted by Gasteiger charge is -2.31. The van der Waals surface area contributed by atoms with Crippen molar-refractivity contribution in [1.82, 2.24) is 0 Å². The first kappa shape index (κ1) is 9.79. The predicted octanol–water partition coefficient (Wildman–Crippen LogP) is 3.16. The summed E-state index contributed by atoms with van der Waals surface area (Å²) < 4.78 is 5.77. The lowest BCUT2D eigenvalue weighted by molar-refractivity contribution is 0.0117. The van der Waals surface area contributed by atoms with Crippen LogP contribution in [0, 0.1) is 5.92 Å². The van der Waals surface area contributed by atoms with Gasteiger partial charge in [0.2, 0.25) is 0 Å². The van der Waals surface area contributed by atoms with Crippen molar-refractivity contribution in [3.8, 4) is 0 Å². The van der Waals surface area contributed by atoms with Crippen molar-refractivity contribution in [2.24, 2.45) is 5.92 Å². The molecular formula is C11H20O. The molecule has 12 heavy (non-hydrogen) atoms. The molecule has 70 valence electrons. The fraction of sp³-hybridized carbons (Fsp3) is 0.818. The van der Waals surface area contributed by atoms with Crippen LogP contribution in [0.2, 0.25) is 0 Å². The second-order valence-corrected chi connectivity index (χ2v) is 4.18. The van der Waals surface area contributed by atoms with Crippen LogP contribution in [-0.4, -0.2) is 12.2 Å². The van der Waals surface area contributed by atoms with Gasteiger partial charge in [0.05, 0.1) is 12.2 Å². The van der Waals surface area contributed by atoms with E-state index in [2.05, 4.69) is 34.6 Å². The molecule has 1 heteroatoms. The van der Waals surface area contributed by atoms with Crippen LogP contribution in [-0.2, 0) is 4.74 Å². The van der Waals surface area contributed by atoms with Crippen LogP contribution in [0.1, 0.15) is 41.0 Å². The zero-order valence-corrected chi connectivity index (χ0v) is 8.85. The highest BCUT2D eigenvalue weighted by molar-refractivity contribution is 5.21. The van der Waals surface area contributed by atoms with Gasteiger partial charge < -0.3 is 4.74 Å². The monoisotopic (exact) mass is 168 g/mol. The highest BCUT2D eigenvalue weighted by Crippen LogP contribution is 2.29. The Labute approximate surface area is 75.8 Å². The largest absolute Gasteiger partial charge is 0.371 e. The molecule has 0 aromatic heterocycles. The van der Waals surface area contributed by atoms with E-state index in [-0.39, 0.29) is 0 Å². The zero-order valence-electron chi connectivity index (χ0n) is 8.85. The second kappa shape index (κ2) is 3.61. The van der Waals surface area contributed by atoms with E-state index in [1.807, 2.05) is 0 Å². The molecule has 2 atom stereocenters. The molecule has 0 aromatic carbocycles. The van der Waals surface area contributed by atoms with Gasteiger partial charge in [0.15, 0.2) is 0 Å². The van der Waals surface area contributed by atoms with Crippen LogP contribution < -0.4 is 0 Å². The molecule has 0 spiro atoms. The van der Waals surface area contributed by atoms with E-state index in [0.717, 1.165) is 6.42 Å². The minimum absolute atomic E-state index is 0.328. The quantitative estimate of drug-likeness (QED) is 0.546. The van der Waals surface area contributed by atoms with E-state index >= 15 is 0 Å². The van der Waals surface area contributed by atoms with Crippen LogP contribution in [0.3, 0.4) is 0 Å². The Morgan fingerprint density at radius 1 is 1.33 bits per heavy atom. The molecule has 0 radical (unpaired) electrons. The van der Waals surface area contributed by atoms with Crippen LogP contribution in [0.4, 0.5) is 0 Å². The summed E-state index contributed by atoms with van der Waals surface area (Å²) in [6.07, 6.45) is 1.84.